The number of hydrogen-bond acceptors (Lipinski definition) is 4. The molecule has 1 aliphatic rings. The van der Waals surface area contributed by atoms with Crippen LogP contribution in [0.15, 0.2) is 36.1 Å². The average Bonchev–Trinajstić information content (AvgIpc) is 2.90. The highest BCUT2D eigenvalue weighted by atomic mass is 35.5. The van der Waals surface area contributed by atoms with Crippen LogP contribution >= 0.6 is 23.2 Å². The van der Waals surface area contributed by atoms with Crippen molar-refractivity contribution in [2.24, 2.45) is 5.92 Å². The molecule has 1 heterocycles. The molecule has 0 fully saturated rings. The van der Waals surface area contributed by atoms with Crippen molar-refractivity contribution in [2.75, 3.05) is 0 Å². The van der Waals surface area contributed by atoms with Gasteiger partial charge in [0.1, 0.15) is 11.5 Å². The minimum absolute atomic E-state index is 0.116. The Morgan fingerprint density at radius 2 is 1.81 bits per heavy atom. The number of benzene rings is 2. The standard InChI is InChI=1S/C20H16Cl2O4/c1-10(2)20(24)26-16-8-7-12-18(23)17(25-19(12)11(16)3)9-13-14(21)5-4-6-15(13)22/h4-10H,1-3H3/b17-9-. The van der Waals surface area contributed by atoms with Gasteiger partial charge in [0.15, 0.2) is 5.76 Å². The summed E-state index contributed by atoms with van der Waals surface area (Å²) < 4.78 is 11.1. The molecule has 0 N–H and O–H groups in total. The van der Waals surface area contributed by atoms with E-state index in [1.807, 2.05) is 0 Å². The molecule has 0 bridgehead atoms. The van der Waals surface area contributed by atoms with Gasteiger partial charge in [-0.05, 0) is 37.3 Å². The van der Waals surface area contributed by atoms with Crippen LogP contribution in [0.3, 0.4) is 0 Å². The summed E-state index contributed by atoms with van der Waals surface area (Å²) in [6.07, 6.45) is 1.52. The van der Waals surface area contributed by atoms with Gasteiger partial charge in [0, 0.05) is 21.2 Å². The quantitative estimate of drug-likeness (QED) is 0.395. The number of hydrogen-bond donors (Lipinski definition) is 0. The van der Waals surface area contributed by atoms with Gasteiger partial charge in [-0.2, -0.15) is 0 Å². The number of halogens is 2. The van der Waals surface area contributed by atoms with E-state index in [9.17, 15) is 9.59 Å². The summed E-state index contributed by atoms with van der Waals surface area (Å²) in [4.78, 5) is 24.5. The Kier molecular flexibility index (Phi) is 5.08. The highest BCUT2D eigenvalue weighted by Gasteiger charge is 2.31. The number of allylic oxidation sites excluding steroid dienone is 1. The van der Waals surface area contributed by atoms with Gasteiger partial charge in [-0.1, -0.05) is 43.1 Å². The van der Waals surface area contributed by atoms with Crippen molar-refractivity contribution < 1.29 is 19.1 Å². The smallest absolute Gasteiger partial charge is 0.313 e. The summed E-state index contributed by atoms with van der Waals surface area (Å²) in [6, 6.07) is 8.27. The highest BCUT2D eigenvalue weighted by Crippen LogP contribution is 2.40. The van der Waals surface area contributed by atoms with Crippen LogP contribution in [0.1, 0.15) is 35.3 Å². The molecule has 0 radical (unpaired) electrons. The van der Waals surface area contributed by atoms with Crippen molar-refractivity contribution in [1.82, 2.24) is 0 Å². The predicted octanol–water partition coefficient (Wildman–Crippen LogP) is 5.48. The zero-order chi connectivity index (χ0) is 19.0. The lowest BCUT2D eigenvalue weighted by molar-refractivity contribution is -0.137. The molecule has 4 nitrogen and oxygen atoms in total. The molecule has 0 aromatic heterocycles. The van der Waals surface area contributed by atoms with E-state index < -0.39 is 0 Å². The molecule has 0 amide bonds. The summed E-state index contributed by atoms with van der Waals surface area (Å²) in [7, 11) is 0. The molecule has 26 heavy (non-hydrogen) atoms. The molecule has 2 aromatic carbocycles. The third-order valence-electron chi connectivity index (χ3n) is 3.99. The monoisotopic (exact) mass is 390 g/mol. The lowest BCUT2D eigenvalue weighted by Gasteiger charge is -2.11. The Bertz CT molecular complexity index is 925. The van der Waals surface area contributed by atoms with Gasteiger partial charge >= 0.3 is 5.97 Å². The second-order valence-electron chi connectivity index (χ2n) is 6.22. The summed E-state index contributed by atoms with van der Waals surface area (Å²) in [5.74, 6) is -0.0315. The lowest BCUT2D eigenvalue weighted by atomic mass is 10.1. The van der Waals surface area contributed by atoms with E-state index in [-0.39, 0.29) is 23.4 Å². The second kappa shape index (κ2) is 7.14. The maximum absolute atomic E-state index is 12.6. The minimum atomic E-state index is -0.351. The van der Waals surface area contributed by atoms with Crippen LogP contribution < -0.4 is 9.47 Å². The van der Waals surface area contributed by atoms with E-state index in [0.717, 1.165) is 0 Å². The first-order chi connectivity index (χ1) is 12.3. The molecule has 1 aliphatic heterocycles. The Hall–Kier alpha value is -2.30. The predicted molar refractivity (Wildman–Crippen MR) is 101 cm³/mol. The van der Waals surface area contributed by atoms with Crippen LogP contribution in [0.5, 0.6) is 11.5 Å². The van der Waals surface area contributed by atoms with Crippen molar-refractivity contribution in [3.63, 3.8) is 0 Å². The number of ether oxygens (including phenoxy) is 2. The maximum Gasteiger partial charge on any atom is 0.313 e. The van der Waals surface area contributed by atoms with Crippen LogP contribution in [-0.2, 0) is 4.79 Å². The zero-order valence-corrected chi connectivity index (χ0v) is 15.9. The molecular formula is C20H16Cl2O4. The molecule has 0 unspecified atom stereocenters. The van der Waals surface area contributed by atoms with Crippen LogP contribution in [-0.4, -0.2) is 11.8 Å². The first kappa shape index (κ1) is 18.5. The topological polar surface area (TPSA) is 52.6 Å². The molecule has 2 aromatic rings. The third-order valence-corrected chi connectivity index (χ3v) is 4.65. The molecule has 6 heteroatoms. The highest BCUT2D eigenvalue weighted by molar-refractivity contribution is 6.37. The summed E-state index contributed by atoms with van der Waals surface area (Å²) >= 11 is 12.3. The fourth-order valence-corrected chi connectivity index (χ4v) is 2.99. The molecule has 0 atom stereocenters. The number of Topliss-reactive ketones (excluding diaryl/α,β-unsaturated/α-hetero) is 1. The molecule has 0 saturated carbocycles. The summed E-state index contributed by atoms with van der Waals surface area (Å²) in [5.41, 5.74) is 1.50. The van der Waals surface area contributed by atoms with Crippen molar-refractivity contribution in [2.45, 2.75) is 20.8 Å². The maximum atomic E-state index is 12.6. The zero-order valence-electron chi connectivity index (χ0n) is 14.4. The Balaban J connectivity index is 1.98. The van der Waals surface area contributed by atoms with E-state index in [1.165, 1.54) is 6.08 Å². The van der Waals surface area contributed by atoms with Crippen molar-refractivity contribution in [1.29, 1.82) is 0 Å². The first-order valence-corrected chi connectivity index (χ1v) is 8.78. The number of carbonyl (C=O) groups is 2. The van der Waals surface area contributed by atoms with Crippen LogP contribution in [0.25, 0.3) is 6.08 Å². The first-order valence-electron chi connectivity index (χ1n) is 8.03. The SMILES string of the molecule is Cc1c(OC(=O)C(C)C)ccc2c1O/C(=C\c1c(Cl)cccc1Cl)C2=O. The van der Waals surface area contributed by atoms with Gasteiger partial charge < -0.3 is 9.47 Å². The van der Waals surface area contributed by atoms with Crippen molar-refractivity contribution in [3.8, 4) is 11.5 Å². The van der Waals surface area contributed by atoms with Gasteiger partial charge in [-0.25, -0.2) is 0 Å². The van der Waals surface area contributed by atoms with Gasteiger partial charge in [-0.3, -0.25) is 9.59 Å². The van der Waals surface area contributed by atoms with E-state index in [0.29, 0.717) is 38.2 Å². The fraction of sp³-hybridized carbons (Fsp3) is 0.200. The second-order valence-corrected chi connectivity index (χ2v) is 7.03. The number of carbonyl (C=O) groups excluding carboxylic acids is 2. The van der Waals surface area contributed by atoms with Gasteiger partial charge in [-0.15, -0.1) is 0 Å². The number of esters is 1. The Labute approximate surface area is 161 Å². The Morgan fingerprint density at radius 1 is 1.15 bits per heavy atom. The van der Waals surface area contributed by atoms with Crippen molar-refractivity contribution >= 4 is 41.0 Å². The molecule has 0 spiro atoms. The molecular weight excluding hydrogens is 375 g/mol. The average molecular weight is 391 g/mol. The van der Waals surface area contributed by atoms with Gasteiger partial charge in [0.2, 0.25) is 5.78 Å². The van der Waals surface area contributed by atoms with E-state index in [2.05, 4.69) is 0 Å². The summed E-state index contributed by atoms with van der Waals surface area (Å²) in [5, 5.41) is 0.835. The molecule has 134 valence electrons. The number of rotatable bonds is 3. The molecule has 0 aliphatic carbocycles. The lowest BCUT2D eigenvalue weighted by Crippen LogP contribution is -2.15. The minimum Gasteiger partial charge on any atom is -0.452 e. The van der Waals surface area contributed by atoms with E-state index in [1.54, 1.807) is 51.1 Å². The fourth-order valence-electron chi connectivity index (χ4n) is 2.48. The normalized spacial score (nSPS) is 14.5. The van der Waals surface area contributed by atoms with Crippen molar-refractivity contribution in [3.05, 3.63) is 62.8 Å². The van der Waals surface area contributed by atoms with E-state index >= 15 is 0 Å². The molecule has 3 rings (SSSR count). The summed E-state index contributed by atoms with van der Waals surface area (Å²) in [6.45, 7) is 5.24. The van der Waals surface area contributed by atoms with Crippen LogP contribution in [0.4, 0.5) is 0 Å². The largest absolute Gasteiger partial charge is 0.452 e. The van der Waals surface area contributed by atoms with E-state index in [4.69, 9.17) is 32.7 Å². The number of ketones is 1. The van der Waals surface area contributed by atoms with Gasteiger partial charge in [0.05, 0.1) is 11.5 Å². The number of fused-ring (bicyclic) bond motifs is 1. The Morgan fingerprint density at radius 3 is 2.42 bits per heavy atom. The van der Waals surface area contributed by atoms with Crippen LogP contribution in [0, 0.1) is 12.8 Å². The molecule has 0 saturated heterocycles. The van der Waals surface area contributed by atoms with Gasteiger partial charge in [0.25, 0.3) is 0 Å². The van der Waals surface area contributed by atoms with Crippen LogP contribution in [0.2, 0.25) is 10.0 Å². The third kappa shape index (κ3) is 3.35.